The maximum absolute atomic E-state index is 12.2. The van der Waals surface area contributed by atoms with Crippen LogP contribution in [0.2, 0.25) is 0 Å². The van der Waals surface area contributed by atoms with Crippen LogP contribution in [-0.4, -0.2) is 42.1 Å². The number of carbonyl (C=O) groups excluding carboxylic acids is 1. The van der Waals surface area contributed by atoms with Gasteiger partial charge in [0.1, 0.15) is 11.4 Å². The fourth-order valence-electron chi connectivity index (χ4n) is 2.60. The molecule has 128 valence electrons. The van der Waals surface area contributed by atoms with E-state index in [0.717, 1.165) is 5.84 Å². The quantitative estimate of drug-likeness (QED) is 0.896. The third kappa shape index (κ3) is 4.96. The van der Waals surface area contributed by atoms with Gasteiger partial charge in [0.25, 0.3) is 0 Å². The zero-order valence-electron chi connectivity index (χ0n) is 14.9. The zero-order chi connectivity index (χ0) is 17.2. The molecule has 0 fully saturated rings. The molecule has 23 heavy (non-hydrogen) atoms. The fourth-order valence-corrected chi connectivity index (χ4v) is 3.62. The Balaban J connectivity index is 1.97. The number of carbonyl (C=O) groups is 1. The Kier molecular flexibility index (Phi) is 5.34. The van der Waals surface area contributed by atoms with Gasteiger partial charge in [-0.05, 0) is 53.2 Å². The number of hydrogen-bond donors (Lipinski definition) is 1. The van der Waals surface area contributed by atoms with Crippen molar-refractivity contribution in [3.05, 3.63) is 21.4 Å². The number of thiophene rings is 1. The van der Waals surface area contributed by atoms with Crippen LogP contribution in [0.5, 0.6) is 0 Å². The van der Waals surface area contributed by atoms with E-state index in [2.05, 4.69) is 37.1 Å². The number of nitrogens with one attached hydrogen (secondary N) is 1. The molecule has 0 spiro atoms. The normalized spacial score (nSPS) is 16.8. The van der Waals surface area contributed by atoms with Crippen LogP contribution in [-0.2, 0) is 4.74 Å². The summed E-state index contributed by atoms with van der Waals surface area (Å²) < 4.78 is 5.44. The standard InChI is InChI=1S/C17H27N3O2S/c1-11-9-14(13(3)23-11)12(2)19-15-10-20(8-7-18-15)16(21)22-17(4,5)6/h9,12H,7-8,10H2,1-6H3,(H,18,19). The predicted molar refractivity (Wildman–Crippen MR) is 95.5 cm³/mol. The van der Waals surface area contributed by atoms with Crippen molar-refractivity contribution in [3.8, 4) is 0 Å². The zero-order valence-corrected chi connectivity index (χ0v) is 15.7. The first-order valence-corrected chi connectivity index (χ1v) is 8.82. The van der Waals surface area contributed by atoms with Gasteiger partial charge in [-0.1, -0.05) is 0 Å². The van der Waals surface area contributed by atoms with Crippen LogP contribution < -0.4 is 5.32 Å². The van der Waals surface area contributed by atoms with Gasteiger partial charge in [0.05, 0.1) is 19.1 Å². The molecular formula is C17H27N3O2S. The summed E-state index contributed by atoms with van der Waals surface area (Å²) in [6.07, 6.45) is -0.276. The maximum Gasteiger partial charge on any atom is 0.410 e. The summed E-state index contributed by atoms with van der Waals surface area (Å²) in [4.78, 5) is 21.1. The SMILES string of the molecule is Cc1cc(C(C)NC2=NCCN(C(=O)OC(C)(C)C)C2)c(C)s1. The third-order valence-electron chi connectivity index (χ3n) is 3.59. The number of nitrogens with zero attached hydrogens (tertiary/aromatic N) is 2. The molecule has 0 aromatic carbocycles. The lowest BCUT2D eigenvalue weighted by molar-refractivity contribution is 0.0276. The number of amidine groups is 1. The highest BCUT2D eigenvalue weighted by atomic mass is 32.1. The fraction of sp³-hybridized carbons (Fsp3) is 0.647. The molecule has 0 bridgehead atoms. The van der Waals surface area contributed by atoms with E-state index in [1.54, 1.807) is 16.2 Å². The second kappa shape index (κ2) is 6.91. The minimum Gasteiger partial charge on any atom is -0.444 e. The van der Waals surface area contributed by atoms with Crippen molar-refractivity contribution in [1.29, 1.82) is 0 Å². The molecule has 6 heteroatoms. The lowest BCUT2D eigenvalue weighted by Crippen LogP contribution is -2.47. The van der Waals surface area contributed by atoms with E-state index in [-0.39, 0.29) is 12.1 Å². The monoisotopic (exact) mass is 337 g/mol. The molecule has 1 aromatic rings. The highest BCUT2D eigenvalue weighted by molar-refractivity contribution is 7.12. The molecule has 0 saturated carbocycles. The molecule has 0 radical (unpaired) electrons. The first kappa shape index (κ1) is 17.8. The molecular weight excluding hydrogens is 310 g/mol. The molecule has 1 amide bonds. The second-order valence-corrected chi connectivity index (χ2v) is 8.43. The van der Waals surface area contributed by atoms with Crippen molar-refractivity contribution in [2.24, 2.45) is 4.99 Å². The molecule has 2 rings (SSSR count). The molecule has 0 saturated heterocycles. The Morgan fingerprint density at radius 1 is 1.43 bits per heavy atom. The maximum atomic E-state index is 12.2. The van der Waals surface area contributed by atoms with Gasteiger partial charge in [0.2, 0.25) is 0 Å². The van der Waals surface area contributed by atoms with Gasteiger partial charge in [-0.3, -0.25) is 9.89 Å². The minimum atomic E-state index is -0.474. The summed E-state index contributed by atoms with van der Waals surface area (Å²) in [5.74, 6) is 0.845. The van der Waals surface area contributed by atoms with E-state index >= 15 is 0 Å². The Bertz CT molecular complexity index is 601. The third-order valence-corrected chi connectivity index (χ3v) is 4.58. The Morgan fingerprint density at radius 2 is 2.13 bits per heavy atom. The van der Waals surface area contributed by atoms with Gasteiger partial charge in [0, 0.05) is 16.3 Å². The molecule has 5 nitrogen and oxygen atoms in total. The molecule has 1 atom stereocenters. The number of aryl methyl sites for hydroxylation is 2. The largest absolute Gasteiger partial charge is 0.444 e. The number of aliphatic imine (C=N–C) groups is 1. The van der Waals surface area contributed by atoms with Gasteiger partial charge >= 0.3 is 6.09 Å². The average molecular weight is 337 g/mol. The lowest BCUT2D eigenvalue weighted by atomic mass is 10.1. The average Bonchev–Trinajstić information content (AvgIpc) is 2.76. The molecule has 1 aliphatic heterocycles. The summed E-state index contributed by atoms with van der Waals surface area (Å²) in [6, 6.07) is 2.39. The van der Waals surface area contributed by atoms with Crippen molar-refractivity contribution in [1.82, 2.24) is 10.2 Å². The summed E-state index contributed by atoms with van der Waals surface area (Å²) in [5, 5.41) is 3.44. The van der Waals surface area contributed by atoms with E-state index < -0.39 is 5.60 Å². The predicted octanol–water partition coefficient (Wildman–Crippen LogP) is 3.66. The molecule has 2 heterocycles. The van der Waals surface area contributed by atoms with Gasteiger partial charge in [-0.15, -0.1) is 11.3 Å². The highest BCUT2D eigenvalue weighted by Crippen LogP contribution is 2.26. The van der Waals surface area contributed by atoms with E-state index in [9.17, 15) is 4.79 Å². The van der Waals surface area contributed by atoms with Gasteiger partial charge in [-0.25, -0.2) is 4.79 Å². The van der Waals surface area contributed by atoms with Crippen molar-refractivity contribution >= 4 is 23.3 Å². The minimum absolute atomic E-state index is 0.178. The first-order valence-electron chi connectivity index (χ1n) is 8.00. The Labute approximate surface area is 142 Å². The summed E-state index contributed by atoms with van der Waals surface area (Å²) in [6.45, 7) is 13.7. The van der Waals surface area contributed by atoms with Crippen LogP contribution in [0.4, 0.5) is 4.79 Å². The number of amides is 1. The van der Waals surface area contributed by atoms with Gasteiger partial charge in [0.15, 0.2) is 0 Å². The van der Waals surface area contributed by atoms with E-state index in [0.29, 0.717) is 19.6 Å². The van der Waals surface area contributed by atoms with Crippen LogP contribution >= 0.6 is 11.3 Å². The summed E-state index contributed by atoms with van der Waals surface area (Å²) in [7, 11) is 0. The Hall–Kier alpha value is -1.56. The van der Waals surface area contributed by atoms with Crippen LogP contribution in [0.1, 0.15) is 49.1 Å². The van der Waals surface area contributed by atoms with Crippen molar-refractivity contribution in [3.63, 3.8) is 0 Å². The van der Waals surface area contributed by atoms with Crippen LogP contribution in [0.3, 0.4) is 0 Å². The number of ether oxygens (including phenoxy) is 1. The van der Waals surface area contributed by atoms with E-state index in [1.165, 1.54) is 15.3 Å². The number of rotatable bonds is 2. The summed E-state index contributed by atoms with van der Waals surface area (Å²) >= 11 is 1.81. The van der Waals surface area contributed by atoms with Crippen LogP contribution in [0.25, 0.3) is 0 Å². The molecule has 1 unspecified atom stereocenters. The van der Waals surface area contributed by atoms with E-state index in [4.69, 9.17) is 4.74 Å². The van der Waals surface area contributed by atoms with Gasteiger partial charge < -0.3 is 10.1 Å². The highest BCUT2D eigenvalue weighted by Gasteiger charge is 2.25. The smallest absolute Gasteiger partial charge is 0.410 e. The lowest BCUT2D eigenvalue weighted by Gasteiger charge is -2.30. The first-order chi connectivity index (χ1) is 10.7. The van der Waals surface area contributed by atoms with Crippen LogP contribution in [0.15, 0.2) is 11.1 Å². The number of hydrogen-bond acceptors (Lipinski definition) is 5. The Morgan fingerprint density at radius 3 is 2.70 bits per heavy atom. The van der Waals surface area contributed by atoms with Crippen molar-refractivity contribution in [2.75, 3.05) is 19.6 Å². The van der Waals surface area contributed by atoms with Crippen molar-refractivity contribution < 1.29 is 9.53 Å². The molecule has 1 N–H and O–H groups in total. The molecule has 0 aliphatic carbocycles. The second-order valence-electron chi connectivity index (χ2n) is 6.96. The van der Waals surface area contributed by atoms with Crippen LogP contribution in [0, 0.1) is 13.8 Å². The topological polar surface area (TPSA) is 53.9 Å². The molecule has 1 aromatic heterocycles. The van der Waals surface area contributed by atoms with Gasteiger partial charge in [-0.2, -0.15) is 0 Å². The van der Waals surface area contributed by atoms with E-state index in [1.807, 2.05) is 20.8 Å². The molecule has 1 aliphatic rings. The summed E-state index contributed by atoms with van der Waals surface area (Å²) in [5.41, 5.74) is 0.822. The van der Waals surface area contributed by atoms with Crippen molar-refractivity contribution in [2.45, 2.75) is 53.2 Å².